The monoisotopic (exact) mass is 360 g/mol. The standard InChI is InChI=1S/C22H32O4/c1-3-4-7-15(2)20(23)11-10-18-19-13-16(8-5-6-9-22(25)26)12-17(19)14-21(18)24/h8,10-11,15,17-21,23-24H,5-7,9,12-14H2,1-2H3,(H,25,26)/b11-10+,16-8-. The Labute approximate surface area is 157 Å². The first-order valence-electron chi connectivity index (χ1n) is 9.76. The van der Waals surface area contributed by atoms with Crippen LogP contribution in [0.3, 0.4) is 0 Å². The van der Waals surface area contributed by atoms with E-state index in [2.05, 4.69) is 17.9 Å². The minimum atomic E-state index is -0.738. The van der Waals surface area contributed by atoms with Gasteiger partial charge in [0.2, 0.25) is 0 Å². The predicted molar refractivity (Wildman–Crippen MR) is 102 cm³/mol. The van der Waals surface area contributed by atoms with Gasteiger partial charge in [-0.3, -0.25) is 4.79 Å². The van der Waals surface area contributed by atoms with Crippen molar-refractivity contribution in [2.75, 3.05) is 0 Å². The van der Waals surface area contributed by atoms with E-state index < -0.39 is 12.1 Å². The highest BCUT2D eigenvalue weighted by atomic mass is 16.4. The van der Waals surface area contributed by atoms with E-state index >= 15 is 0 Å². The molecule has 2 aliphatic carbocycles. The van der Waals surface area contributed by atoms with E-state index in [1.807, 2.05) is 19.1 Å². The molecule has 3 N–H and O–H groups in total. The Kier molecular flexibility index (Phi) is 7.93. The second kappa shape index (κ2) is 9.94. The molecule has 4 heteroatoms. The molecule has 0 aromatic carbocycles. The van der Waals surface area contributed by atoms with Crippen molar-refractivity contribution in [1.29, 1.82) is 0 Å². The number of hydrogen-bond acceptors (Lipinski definition) is 3. The maximum atomic E-state index is 10.6. The Morgan fingerprint density at radius 1 is 1.38 bits per heavy atom. The Morgan fingerprint density at radius 3 is 2.85 bits per heavy atom. The molecule has 0 heterocycles. The van der Waals surface area contributed by atoms with Crippen LogP contribution in [-0.4, -0.2) is 33.5 Å². The summed E-state index contributed by atoms with van der Waals surface area (Å²) >= 11 is 0. The predicted octanol–water partition coefficient (Wildman–Crippen LogP) is 3.54. The van der Waals surface area contributed by atoms with Crippen LogP contribution in [-0.2, 0) is 4.79 Å². The fourth-order valence-corrected chi connectivity index (χ4v) is 4.31. The average molecular weight is 360 g/mol. The van der Waals surface area contributed by atoms with Gasteiger partial charge in [-0.05, 0) is 56.8 Å². The molecular formula is C22H32O4. The molecule has 0 aliphatic heterocycles. The summed E-state index contributed by atoms with van der Waals surface area (Å²) in [6.07, 6.45) is 10.4. The first kappa shape index (κ1) is 20.7. The van der Waals surface area contributed by atoms with Gasteiger partial charge in [0.15, 0.2) is 0 Å². The van der Waals surface area contributed by atoms with E-state index in [9.17, 15) is 15.0 Å². The van der Waals surface area contributed by atoms with Crippen molar-refractivity contribution < 1.29 is 20.1 Å². The number of rotatable bonds is 8. The minimum Gasteiger partial charge on any atom is -0.481 e. The zero-order chi connectivity index (χ0) is 19.1. The third-order valence-corrected chi connectivity index (χ3v) is 5.85. The number of carboxylic acids is 1. The zero-order valence-electron chi connectivity index (χ0n) is 15.9. The van der Waals surface area contributed by atoms with Gasteiger partial charge in [0.25, 0.3) is 0 Å². The number of fused-ring (bicyclic) bond motifs is 1. The van der Waals surface area contributed by atoms with Crippen molar-refractivity contribution in [2.24, 2.45) is 23.7 Å². The maximum Gasteiger partial charge on any atom is 0.303 e. The van der Waals surface area contributed by atoms with Crippen LogP contribution >= 0.6 is 0 Å². The molecule has 0 spiro atoms. The van der Waals surface area contributed by atoms with Crippen LogP contribution in [0.25, 0.3) is 0 Å². The largest absolute Gasteiger partial charge is 0.481 e. The normalized spacial score (nSPS) is 31.6. The first-order chi connectivity index (χ1) is 12.4. The summed E-state index contributed by atoms with van der Waals surface area (Å²) in [7, 11) is 0. The molecule has 2 saturated carbocycles. The van der Waals surface area contributed by atoms with Crippen molar-refractivity contribution in [3.05, 3.63) is 23.8 Å². The summed E-state index contributed by atoms with van der Waals surface area (Å²) in [5.74, 6) is 6.25. The Balaban J connectivity index is 1.89. The first-order valence-corrected chi connectivity index (χ1v) is 9.76. The van der Waals surface area contributed by atoms with Crippen molar-refractivity contribution >= 4 is 5.97 Å². The number of aliphatic hydroxyl groups is 2. The second-order valence-corrected chi connectivity index (χ2v) is 7.84. The van der Waals surface area contributed by atoms with Gasteiger partial charge in [0, 0.05) is 18.8 Å². The van der Waals surface area contributed by atoms with Gasteiger partial charge in [-0.25, -0.2) is 0 Å². The van der Waals surface area contributed by atoms with Crippen LogP contribution in [0.4, 0.5) is 0 Å². The molecule has 6 unspecified atom stereocenters. The Morgan fingerprint density at radius 2 is 2.15 bits per heavy atom. The molecule has 0 saturated heterocycles. The summed E-state index contributed by atoms with van der Waals surface area (Å²) in [4.78, 5) is 10.6. The Bertz CT molecular complexity index is 595. The van der Waals surface area contributed by atoms with Crippen LogP contribution in [0.5, 0.6) is 0 Å². The second-order valence-electron chi connectivity index (χ2n) is 7.84. The summed E-state index contributed by atoms with van der Waals surface area (Å²) in [5.41, 5.74) is 1.41. The lowest BCUT2D eigenvalue weighted by atomic mass is 9.89. The number of allylic oxidation sites excluding steroid dienone is 2. The van der Waals surface area contributed by atoms with Gasteiger partial charge in [0.1, 0.15) is 0 Å². The smallest absolute Gasteiger partial charge is 0.303 e. The van der Waals surface area contributed by atoms with Crippen molar-refractivity contribution in [2.45, 2.75) is 71.0 Å². The molecule has 0 amide bonds. The molecule has 2 rings (SSSR count). The van der Waals surface area contributed by atoms with Gasteiger partial charge in [-0.2, -0.15) is 0 Å². The third kappa shape index (κ3) is 5.72. The van der Waals surface area contributed by atoms with Gasteiger partial charge >= 0.3 is 5.97 Å². The zero-order valence-corrected chi connectivity index (χ0v) is 15.9. The molecule has 2 fully saturated rings. The van der Waals surface area contributed by atoms with Crippen molar-refractivity contribution in [3.8, 4) is 11.8 Å². The van der Waals surface area contributed by atoms with Gasteiger partial charge in [0.05, 0.1) is 12.2 Å². The van der Waals surface area contributed by atoms with E-state index in [4.69, 9.17) is 5.11 Å². The van der Waals surface area contributed by atoms with Gasteiger partial charge in [-0.15, -0.1) is 11.8 Å². The molecule has 0 bridgehead atoms. The van der Waals surface area contributed by atoms with E-state index in [-0.39, 0.29) is 24.4 Å². The molecule has 144 valence electrons. The Hall–Kier alpha value is -1.57. The molecule has 0 radical (unpaired) electrons. The molecule has 0 aromatic heterocycles. The molecule has 26 heavy (non-hydrogen) atoms. The van der Waals surface area contributed by atoms with Crippen LogP contribution < -0.4 is 0 Å². The number of aliphatic hydroxyl groups excluding tert-OH is 2. The lowest BCUT2D eigenvalue weighted by Gasteiger charge is -2.19. The molecule has 6 atom stereocenters. The number of carboxylic acid groups (broad SMARTS) is 1. The summed E-state index contributed by atoms with van der Waals surface area (Å²) < 4.78 is 0. The fraction of sp³-hybridized carbons (Fsp3) is 0.682. The SMILES string of the molecule is CC#CCC(C)C(O)/C=C/C1C(O)CC2C/C(=C/CCCC(=O)O)CC21. The fourth-order valence-electron chi connectivity index (χ4n) is 4.31. The topological polar surface area (TPSA) is 77.8 Å². The summed E-state index contributed by atoms with van der Waals surface area (Å²) in [6, 6.07) is 0. The van der Waals surface area contributed by atoms with E-state index in [0.29, 0.717) is 24.7 Å². The number of hydrogen-bond donors (Lipinski definition) is 3. The van der Waals surface area contributed by atoms with Crippen LogP contribution in [0, 0.1) is 35.5 Å². The third-order valence-electron chi connectivity index (χ3n) is 5.85. The van der Waals surface area contributed by atoms with Gasteiger partial charge in [-0.1, -0.05) is 30.7 Å². The highest BCUT2D eigenvalue weighted by molar-refractivity contribution is 5.66. The number of carbonyl (C=O) groups is 1. The highest BCUT2D eigenvalue weighted by Gasteiger charge is 2.44. The number of aliphatic carboxylic acids is 1. The molecular weight excluding hydrogens is 328 g/mol. The number of unbranched alkanes of at least 4 members (excludes halogenated alkanes) is 1. The average Bonchev–Trinajstić information content (AvgIpc) is 3.10. The van der Waals surface area contributed by atoms with Gasteiger partial charge < -0.3 is 15.3 Å². The van der Waals surface area contributed by atoms with E-state index in [1.54, 1.807) is 6.92 Å². The molecule has 0 aromatic rings. The van der Waals surface area contributed by atoms with Crippen LogP contribution in [0.15, 0.2) is 23.8 Å². The lowest BCUT2D eigenvalue weighted by molar-refractivity contribution is -0.137. The van der Waals surface area contributed by atoms with Crippen molar-refractivity contribution in [1.82, 2.24) is 0 Å². The van der Waals surface area contributed by atoms with Crippen LogP contribution in [0.1, 0.15) is 58.8 Å². The quantitative estimate of drug-likeness (QED) is 0.351. The maximum absolute atomic E-state index is 10.6. The highest BCUT2D eigenvalue weighted by Crippen LogP contribution is 2.50. The van der Waals surface area contributed by atoms with Crippen molar-refractivity contribution in [3.63, 3.8) is 0 Å². The van der Waals surface area contributed by atoms with E-state index in [1.165, 1.54) is 5.57 Å². The lowest BCUT2D eigenvalue weighted by Crippen LogP contribution is -2.19. The minimum absolute atomic E-state index is 0.0845. The van der Waals surface area contributed by atoms with Crippen LogP contribution in [0.2, 0.25) is 0 Å². The summed E-state index contributed by atoms with van der Waals surface area (Å²) in [5, 5.41) is 29.4. The summed E-state index contributed by atoms with van der Waals surface area (Å²) in [6.45, 7) is 3.79. The van der Waals surface area contributed by atoms with E-state index in [0.717, 1.165) is 25.7 Å². The molecule has 4 nitrogen and oxygen atoms in total. The molecule has 2 aliphatic rings.